The number of ether oxygens (including phenoxy) is 1. The van der Waals surface area contributed by atoms with E-state index in [2.05, 4.69) is 40.4 Å². The predicted octanol–water partition coefficient (Wildman–Crippen LogP) is 1.20. The Morgan fingerprint density at radius 3 is 2.81 bits per heavy atom. The maximum absolute atomic E-state index is 5.64. The fourth-order valence-electron chi connectivity index (χ4n) is 2.30. The van der Waals surface area contributed by atoms with Crippen LogP contribution >= 0.6 is 0 Å². The van der Waals surface area contributed by atoms with Gasteiger partial charge in [-0.1, -0.05) is 6.07 Å². The van der Waals surface area contributed by atoms with Gasteiger partial charge < -0.3 is 19.9 Å². The van der Waals surface area contributed by atoms with Gasteiger partial charge in [0.15, 0.2) is 12.5 Å². The fraction of sp³-hybridized carbons (Fsp3) is 0.500. The van der Waals surface area contributed by atoms with Crippen LogP contribution in [0.3, 0.4) is 0 Å². The van der Waals surface area contributed by atoms with E-state index in [4.69, 9.17) is 4.74 Å². The van der Waals surface area contributed by atoms with E-state index in [1.165, 1.54) is 5.69 Å². The average molecular weight is 219 g/mol. The molecule has 16 heavy (non-hydrogen) atoms. The Balaban J connectivity index is 1.87. The zero-order valence-corrected chi connectivity index (χ0v) is 9.57. The lowest BCUT2D eigenvalue weighted by Gasteiger charge is -2.34. The molecule has 86 valence electrons. The zero-order valence-electron chi connectivity index (χ0n) is 9.57. The third-order valence-electron chi connectivity index (χ3n) is 3.32. The summed E-state index contributed by atoms with van der Waals surface area (Å²) in [5.41, 5.74) is 2.35. The molecule has 1 N–H and O–H groups in total. The highest BCUT2D eigenvalue weighted by molar-refractivity contribution is 5.74. The lowest BCUT2D eigenvalue weighted by Crippen LogP contribution is -2.44. The summed E-state index contributed by atoms with van der Waals surface area (Å²) in [6, 6.07) is 6.31. The molecule has 4 heteroatoms. The molecule has 4 nitrogen and oxygen atoms in total. The average Bonchev–Trinajstić information content (AvgIpc) is 2.78. The zero-order chi connectivity index (χ0) is 11.0. The summed E-state index contributed by atoms with van der Waals surface area (Å²) in [6.45, 7) is 5.00. The van der Waals surface area contributed by atoms with Crippen LogP contribution in [-0.2, 0) is 0 Å². The molecule has 1 aromatic carbocycles. The summed E-state index contributed by atoms with van der Waals surface area (Å²) in [7, 11) is 2.17. The Morgan fingerprint density at radius 1 is 1.19 bits per heavy atom. The van der Waals surface area contributed by atoms with Crippen LogP contribution in [0.2, 0.25) is 0 Å². The van der Waals surface area contributed by atoms with Gasteiger partial charge in [0.25, 0.3) is 0 Å². The van der Waals surface area contributed by atoms with Gasteiger partial charge in [0.1, 0.15) is 0 Å². The minimum absolute atomic E-state index is 0.597. The van der Waals surface area contributed by atoms with Crippen LogP contribution in [0.15, 0.2) is 18.2 Å². The van der Waals surface area contributed by atoms with E-state index in [1.807, 2.05) is 0 Å². The normalized spacial score (nSPS) is 20.2. The van der Waals surface area contributed by atoms with Crippen molar-refractivity contribution in [3.05, 3.63) is 18.2 Å². The van der Waals surface area contributed by atoms with Crippen molar-refractivity contribution in [1.82, 2.24) is 4.90 Å². The molecule has 1 aromatic rings. The number of fused-ring (bicyclic) bond motifs is 1. The van der Waals surface area contributed by atoms with E-state index in [0.29, 0.717) is 6.73 Å². The second kappa shape index (κ2) is 3.87. The molecule has 2 heterocycles. The molecule has 0 aromatic heterocycles. The standard InChI is InChI=1S/C12H17N3O/c1-14-5-7-15(8-6-14)11-4-2-3-10-12(11)16-9-13-10/h2-4,13H,5-9H2,1H3. The lowest BCUT2D eigenvalue weighted by atomic mass is 10.2. The van der Waals surface area contributed by atoms with Crippen LogP contribution in [0.1, 0.15) is 0 Å². The molecule has 0 radical (unpaired) electrons. The van der Waals surface area contributed by atoms with Crippen LogP contribution < -0.4 is 15.0 Å². The molecule has 0 unspecified atom stereocenters. The summed E-state index contributed by atoms with van der Waals surface area (Å²) in [5.74, 6) is 1.02. The summed E-state index contributed by atoms with van der Waals surface area (Å²) in [5, 5.41) is 3.23. The number of hydrogen-bond donors (Lipinski definition) is 1. The molecule has 3 rings (SSSR count). The Labute approximate surface area is 95.8 Å². The molecule has 0 aliphatic carbocycles. The maximum Gasteiger partial charge on any atom is 0.168 e. The molecule has 0 spiro atoms. The number of hydrogen-bond acceptors (Lipinski definition) is 4. The summed E-state index contributed by atoms with van der Waals surface area (Å²) >= 11 is 0. The first-order valence-corrected chi connectivity index (χ1v) is 5.78. The van der Waals surface area contributed by atoms with E-state index in [1.54, 1.807) is 0 Å². The van der Waals surface area contributed by atoms with Crippen molar-refractivity contribution >= 4 is 11.4 Å². The predicted molar refractivity (Wildman–Crippen MR) is 65.3 cm³/mol. The highest BCUT2D eigenvalue weighted by atomic mass is 16.5. The van der Waals surface area contributed by atoms with E-state index < -0.39 is 0 Å². The third kappa shape index (κ3) is 1.59. The van der Waals surface area contributed by atoms with E-state index in [9.17, 15) is 0 Å². The summed E-state index contributed by atoms with van der Waals surface area (Å²) < 4.78 is 5.64. The van der Waals surface area contributed by atoms with Crippen molar-refractivity contribution in [3.8, 4) is 5.75 Å². The van der Waals surface area contributed by atoms with Gasteiger partial charge in [-0.05, 0) is 19.2 Å². The fourth-order valence-corrected chi connectivity index (χ4v) is 2.30. The third-order valence-corrected chi connectivity index (χ3v) is 3.32. The first-order valence-electron chi connectivity index (χ1n) is 5.78. The van der Waals surface area contributed by atoms with Crippen molar-refractivity contribution < 1.29 is 4.74 Å². The van der Waals surface area contributed by atoms with Crippen molar-refractivity contribution in [1.29, 1.82) is 0 Å². The Bertz CT molecular complexity index is 386. The van der Waals surface area contributed by atoms with E-state index >= 15 is 0 Å². The van der Waals surface area contributed by atoms with Gasteiger partial charge in [-0.25, -0.2) is 0 Å². The van der Waals surface area contributed by atoms with Crippen molar-refractivity contribution in [2.75, 3.05) is 50.2 Å². The molecule has 0 bridgehead atoms. The largest absolute Gasteiger partial charge is 0.469 e. The van der Waals surface area contributed by atoms with Crippen molar-refractivity contribution in [3.63, 3.8) is 0 Å². The molecular weight excluding hydrogens is 202 g/mol. The van der Waals surface area contributed by atoms with Crippen molar-refractivity contribution in [2.24, 2.45) is 0 Å². The Morgan fingerprint density at radius 2 is 2.00 bits per heavy atom. The number of nitrogens with one attached hydrogen (secondary N) is 1. The van der Waals surface area contributed by atoms with Gasteiger partial charge in [-0.2, -0.15) is 0 Å². The minimum Gasteiger partial charge on any atom is -0.469 e. The van der Waals surface area contributed by atoms with Crippen LogP contribution in [0.25, 0.3) is 0 Å². The second-order valence-electron chi connectivity index (χ2n) is 4.41. The summed E-state index contributed by atoms with van der Waals surface area (Å²) in [6.07, 6.45) is 0. The molecule has 0 saturated carbocycles. The minimum atomic E-state index is 0.597. The molecule has 0 atom stereocenters. The number of likely N-dealkylation sites (N-methyl/N-ethyl adjacent to an activating group) is 1. The van der Waals surface area contributed by atoms with Gasteiger partial charge in [0.05, 0.1) is 11.4 Å². The second-order valence-corrected chi connectivity index (χ2v) is 4.41. The summed E-state index contributed by atoms with van der Waals surface area (Å²) in [4.78, 5) is 4.77. The van der Waals surface area contributed by atoms with Crippen LogP contribution in [0.4, 0.5) is 11.4 Å². The first-order chi connectivity index (χ1) is 7.84. The Kier molecular flexibility index (Phi) is 2.36. The lowest BCUT2D eigenvalue weighted by molar-refractivity contribution is 0.310. The maximum atomic E-state index is 5.64. The quantitative estimate of drug-likeness (QED) is 0.768. The topological polar surface area (TPSA) is 27.7 Å². The molecule has 2 aliphatic rings. The van der Waals surface area contributed by atoms with Crippen molar-refractivity contribution in [2.45, 2.75) is 0 Å². The van der Waals surface area contributed by atoms with Gasteiger partial charge in [-0.15, -0.1) is 0 Å². The molecule has 1 saturated heterocycles. The number of piperazine rings is 1. The van der Waals surface area contributed by atoms with Gasteiger partial charge in [0.2, 0.25) is 0 Å². The number of benzene rings is 1. The number of nitrogens with zero attached hydrogens (tertiary/aromatic N) is 2. The van der Waals surface area contributed by atoms with Crippen LogP contribution in [-0.4, -0.2) is 44.9 Å². The molecule has 1 fully saturated rings. The SMILES string of the molecule is CN1CCN(c2cccc3c2OCN3)CC1. The highest BCUT2D eigenvalue weighted by Crippen LogP contribution is 2.39. The number of anilines is 2. The molecule has 0 amide bonds. The number of rotatable bonds is 1. The first kappa shape index (κ1) is 9.78. The van der Waals surface area contributed by atoms with Gasteiger partial charge in [-0.3, -0.25) is 0 Å². The molecular formula is C12H17N3O. The molecule has 2 aliphatic heterocycles. The Hall–Kier alpha value is -1.42. The van der Waals surface area contributed by atoms with Crippen LogP contribution in [0, 0.1) is 0 Å². The highest BCUT2D eigenvalue weighted by Gasteiger charge is 2.21. The smallest absolute Gasteiger partial charge is 0.168 e. The van der Waals surface area contributed by atoms with E-state index in [0.717, 1.165) is 37.6 Å². The van der Waals surface area contributed by atoms with E-state index in [-0.39, 0.29) is 0 Å². The van der Waals surface area contributed by atoms with Gasteiger partial charge >= 0.3 is 0 Å². The monoisotopic (exact) mass is 219 g/mol. The number of para-hydroxylation sites is 1. The van der Waals surface area contributed by atoms with Crippen LogP contribution in [0.5, 0.6) is 5.75 Å². The van der Waals surface area contributed by atoms with Gasteiger partial charge in [0, 0.05) is 26.2 Å².